The average Bonchev–Trinajstić information content (AvgIpc) is 2.38. The fraction of sp³-hybridized carbons (Fsp3) is 0.500. The molecule has 0 aliphatic rings. The fourth-order valence-electron chi connectivity index (χ4n) is 0.690. The second-order valence-corrected chi connectivity index (χ2v) is 2.94. The lowest BCUT2D eigenvalue weighted by Gasteiger charge is -2.04. The number of hydrogen-bond acceptors (Lipinski definition) is 4. The number of hydrogen-bond donors (Lipinski definition) is 2. The van der Waals surface area contributed by atoms with Gasteiger partial charge in [0.25, 0.3) is 0 Å². The Morgan fingerprint density at radius 1 is 1.58 bits per heavy atom. The van der Waals surface area contributed by atoms with Gasteiger partial charge < -0.3 is 10.8 Å². The maximum absolute atomic E-state index is 8.54. The zero-order chi connectivity index (χ0) is 7.40. The number of aliphatic hydroxyl groups is 1. The molecule has 6 heteroatoms. The monoisotopic (exact) mass is 230 g/mol. The van der Waals surface area contributed by atoms with Crippen LogP contribution in [-0.4, -0.2) is 16.7 Å². The molecule has 3 N–H and O–H groups in total. The van der Waals surface area contributed by atoms with Crippen molar-refractivity contribution in [1.82, 2.24) is 4.98 Å². The van der Waals surface area contributed by atoms with Crippen LogP contribution in [0.2, 0.25) is 0 Å². The normalized spacial score (nSPS) is 11.2. The van der Waals surface area contributed by atoms with E-state index in [1.807, 2.05) is 0 Å². The van der Waals surface area contributed by atoms with Crippen LogP contribution in [0.1, 0.15) is 17.3 Å². The average molecular weight is 231 g/mol. The van der Waals surface area contributed by atoms with E-state index in [1.165, 1.54) is 11.3 Å². The number of halogens is 2. The van der Waals surface area contributed by atoms with Gasteiger partial charge in [-0.05, 0) is 6.42 Å². The van der Waals surface area contributed by atoms with Gasteiger partial charge in [0.05, 0.1) is 5.51 Å². The molecule has 0 saturated heterocycles. The van der Waals surface area contributed by atoms with Crippen LogP contribution in [0.15, 0.2) is 11.7 Å². The van der Waals surface area contributed by atoms with Gasteiger partial charge in [-0.3, -0.25) is 4.98 Å². The second-order valence-electron chi connectivity index (χ2n) is 2.02. The highest BCUT2D eigenvalue weighted by Crippen LogP contribution is 2.16. The van der Waals surface area contributed by atoms with Crippen molar-refractivity contribution in [2.45, 2.75) is 12.5 Å². The third-order valence-electron chi connectivity index (χ3n) is 1.26. The summed E-state index contributed by atoms with van der Waals surface area (Å²) in [7, 11) is 0. The van der Waals surface area contributed by atoms with Gasteiger partial charge >= 0.3 is 0 Å². The summed E-state index contributed by atoms with van der Waals surface area (Å²) in [5.41, 5.74) is 7.40. The second kappa shape index (κ2) is 7.76. The summed E-state index contributed by atoms with van der Waals surface area (Å²) in [6, 6.07) is -0.0440. The van der Waals surface area contributed by atoms with E-state index in [9.17, 15) is 0 Å². The van der Waals surface area contributed by atoms with Gasteiger partial charge in [-0.15, -0.1) is 36.2 Å². The molecule has 0 amide bonds. The number of thiazole rings is 1. The fourth-order valence-corrected chi connectivity index (χ4v) is 1.35. The highest BCUT2D eigenvalue weighted by molar-refractivity contribution is 7.09. The lowest BCUT2D eigenvalue weighted by molar-refractivity contribution is 0.277. The molecule has 0 saturated carbocycles. The minimum absolute atomic E-state index is 0. The van der Waals surface area contributed by atoms with E-state index in [4.69, 9.17) is 10.8 Å². The molecule has 0 aliphatic carbocycles. The summed E-state index contributed by atoms with van der Waals surface area (Å²) in [5.74, 6) is 0. The van der Waals surface area contributed by atoms with Crippen LogP contribution in [0.3, 0.4) is 0 Å². The van der Waals surface area contributed by atoms with Gasteiger partial charge in [0.15, 0.2) is 0 Å². The van der Waals surface area contributed by atoms with Crippen molar-refractivity contribution in [3.63, 3.8) is 0 Å². The van der Waals surface area contributed by atoms with E-state index >= 15 is 0 Å². The van der Waals surface area contributed by atoms with E-state index in [0.29, 0.717) is 6.42 Å². The molecule has 0 aromatic carbocycles. The largest absolute Gasteiger partial charge is 0.396 e. The Kier molecular flexibility index (Phi) is 9.47. The van der Waals surface area contributed by atoms with Crippen LogP contribution in [-0.2, 0) is 0 Å². The zero-order valence-corrected chi connectivity index (χ0v) is 8.79. The molecule has 0 unspecified atom stereocenters. The Morgan fingerprint density at radius 2 is 2.25 bits per heavy atom. The molecule has 1 rings (SSSR count). The molecule has 12 heavy (non-hydrogen) atoms. The van der Waals surface area contributed by atoms with Gasteiger partial charge in [-0.1, -0.05) is 0 Å². The first-order chi connectivity index (χ1) is 4.84. The molecule has 0 fully saturated rings. The number of aliphatic hydroxyl groups excluding tert-OH is 1. The molecule has 0 radical (unpaired) electrons. The first-order valence-electron chi connectivity index (χ1n) is 3.09. The van der Waals surface area contributed by atoms with E-state index in [2.05, 4.69) is 4.98 Å². The van der Waals surface area contributed by atoms with Crippen molar-refractivity contribution in [3.05, 3.63) is 16.6 Å². The summed E-state index contributed by atoms with van der Waals surface area (Å²) >= 11 is 1.52. The van der Waals surface area contributed by atoms with Gasteiger partial charge in [0.2, 0.25) is 0 Å². The molecule has 1 aromatic rings. The van der Waals surface area contributed by atoms with Crippen molar-refractivity contribution in [3.8, 4) is 0 Å². The predicted molar refractivity (Wildman–Crippen MR) is 55.2 cm³/mol. The maximum atomic E-state index is 8.54. The highest BCUT2D eigenvalue weighted by Gasteiger charge is 2.05. The van der Waals surface area contributed by atoms with Crippen molar-refractivity contribution >= 4 is 36.2 Å². The summed E-state index contributed by atoms with van der Waals surface area (Å²) in [6.45, 7) is 0.138. The molecule has 1 aromatic heterocycles. The van der Waals surface area contributed by atoms with Crippen molar-refractivity contribution in [2.24, 2.45) is 5.73 Å². The Balaban J connectivity index is 0. The molecule has 0 spiro atoms. The molecule has 0 aliphatic heterocycles. The summed E-state index contributed by atoms with van der Waals surface area (Å²) in [5, 5.41) is 8.54. The molecular weight excluding hydrogens is 219 g/mol. The Labute approximate surface area is 87.8 Å². The summed E-state index contributed by atoms with van der Waals surface area (Å²) in [6.07, 6.45) is 2.35. The van der Waals surface area contributed by atoms with Crippen LogP contribution in [0, 0.1) is 0 Å². The van der Waals surface area contributed by atoms with Crippen LogP contribution in [0.5, 0.6) is 0 Å². The first-order valence-corrected chi connectivity index (χ1v) is 3.97. The third kappa shape index (κ3) is 4.23. The number of nitrogens with zero attached hydrogens (tertiary/aromatic N) is 1. The Morgan fingerprint density at radius 3 is 2.67 bits per heavy atom. The molecule has 1 atom stereocenters. The van der Waals surface area contributed by atoms with E-state index in [1.54, 1.807) is 11.7 Å². The van der Waals surface area contributed by atoms with Crippen LogP contribution in [0.4, 0.5) is 0 Å². The minimum Gasteiger partial charge on any atom is -0.396 e. The molecular formula is C6H12Cl2N2OS. The standard InChI is InChI=1S/C6H10N2OS.2ClH/c7-5(1-2-9)6-3-8-4-10-6;;/h3-5,9H,1-2,7H2;2*1H/t5-;;/m0../s1. The molecule has 1 heterocycles. The highest BCUT2D eigenvalue weighted by atomic mass is 35.5. The van der Waals surface area contributed by atoms with Crippen molar-refractivity contribution in [2.75, 3.05) is 6.61 Å². The number of nitrogens with two attached hydrogens (primary N) is 1. The Bertz CT molecular complexity index is 184. The van der Waals surface area contributed by atoms with E-state index in [0.717, 1.165) is 4.88 Å². The number of rotatable bonds is 3. The van der Waals surface area contributed by atoms with Gasteiger partial charge in [-0.2, -0.15) is 0 Å². The van der Waals surface area contributed by atoms with Crippen LogP contribution < -0.4 is 5.73 Å². The van der Waals surface area contributed by atoms with Gasteiger partial charge in [-0.25, -0.2) is 0 Å². The van der Waals surface area contributed by atoms with E-state index < -0.39 is 0 Å². The zero-order valence-electron chi connectivity index (χ0n) is 6.34. The lowest BCUT2D eigenvalue weighted by atomic mass is 10.2. The summed E-state index contributed by atoms with van der Waals surface area (Å²) < 4.78 is 0. The van der Waals surface area contributed by atoms with Gasteiger partial charge in [0.1, 0.15) is 0 Å². The van der Waals surface area contributed by atoms with Crippen molar-refractivity contribution in [1.29, 1.82) is 0 Å². The quantitative estimate of drug-likeness (QED) is 0.825. The topological polar surface area (TPSA) is 59.1 Å². The maximum Gasteiger partial charge on any atom is 0.0794 e. The molecule has 0 bridgehead atoms. The molecule has 3 nitrogen and oxygen atoms in total. The predicted octanol–water partition coefficient (Wildman–Crippen LogP) is 1.37. The first kappa shape index (κ1) is 14.6. The van der Waals surface area contributed by atoms with Gasteiger partial charge in [0, 0.05) is 23.7 Å². The van der Waals surface area contributed by atoms with Crippen LogP contribution >= 0.6 is 36.2 Å². The molecule has 72 valence electrons. The smallest absolute Gasteiger partial charge is 0.0794 e. The van der Waals surface area contributed by atoms with Crippen molar-refractivity contribution < 1.29 is 5.11 Å². The minimum atomic E-state index is -0.0440. The van der Waals surface area contributed by atoms with Crippen LogP contribution in [0.25, 0.3) is 0 Å². The number of aromatic nitrogens is 1. The summed E-state index contributed by atoms with van der Waals surface area (Å²) in [4.78, 5) is 4.92. The van der Waals surface area contributed by atoms with E-state index in [-0.39, 0.29) is 37.5 Å². The lowest BCUT2D eigenvalue weighted by Crippen LogP contribution is -2.09. The Hall–Kier alpha value is 0.130. The SMILES string of the molecule is Cl.Cl.N[C@@H](CCO)c1cncs1. The third-order valence-corrected chi connectivity index (χ3v) is 2.16.